The zero-order valence-corrected chi connectivity index (χ0v) is 9.75. The molecule has 3 heteroatoms. The molecule has 1 aliphatic rings. The van der Waals surface area contributed by atoms with Crippen LogP contribution in [0.4, 0.5) is 0 Å². The fourth-order valence-electron chi connectivity index (χ4n) is 1.97. The molecule has 0 aromatic heterocycles. The van der Waals surface area contributed by atoms with Crippen LogP contribution in [0.1, 0.15) is 27.2 Å². The van der Waals surface area contributed by atoms with Crippen molar-refractivity contribution >= 4 is 0 Å². The average Bonchev–Trinajstić information content (AvgIpc) is 2.42. The van der Waals surface area contributed by atoms with Crippen molar-refractivity contribution in [1.82, 2.24) is 4.90 Å². The van der Waals surface area contributed by atoms with Crippen LogP contribution in [0.25, 0.3) is 0 Å². The molecule has 0 aromatic carbocycles. The quantitative estimate of drug-likeness (QED) is 0.741. The third-order valence-electron chi connectivity index (χ3n) is 3.40. The van der Waals surface area contributed by atoms with E-state index in [1.165, 1.54) is 0 Å². The summed E-state index contributed by atoms with van der Waals surface area (Å²) in [4.78, 5) is 2.49. The predicted molar refractivity (Wildman–Crippen MR) is 59.3 cm³/mol. The molecule has 1 fully saturated rings. The van der Waals surface area contributed by atoms with Gasteiger partial charge in [-0.1, -0.05) is 13.8 Å². The average molecular weight is 200 g/mol. The summed E-state index contributed by atoms with van der Waals surface area (Å²) in [6.45, 7) is 11.3. The Bertz CT molecular complexity index is 169. The monoisotopic (exact) mass is 200 g/mol. The third kappa shape index (κ3) is 2.69. The SMILES string of the molecule is CCC(C)(CN)N1CCOCC(C)C1. The van der Waals surface area contributed by atoms with E-state index in [0.717, 1.165) is 39.3 Å². The van der Waals surface area contributed by atoms with E-state index in [9.17, 15) is 0 Å². The highest BCUT2D eigenvalue weighted by atomic mass is 16.5. The Hall–Kier alpha value is -0.120. The molecule has 1 aliphatic heterocycles. The maximum atomic E-state index is 5.86. The first-order valence-corrected chi connectivity index (χ1v) is 5.65. The fraction of sp³-hybridized carbons (Fsp3) is 1.00. The zero-order valence-electron chi connectivity index (χ0n) is 9.75. The van der Waals surface area contributed by atoms with Gasteiger partial charge in [0, 0.05) is 25.2 Å². The number of nitrogens with two attached hydrogens (primary N) is 1. The number of hydrogen-bond donors (Lipinski definition) is 1. The molecule has 2 unspecified atom stereocenters. The summed E-state index contributed by atoms with van der Waals surface area (Å²) in [7, 11) is 0. The summed E-state index contributed by atoms with van der Waals surface area (Å²) in [5, 5.41) is 0. The van der Waals surface area contributed by atoms with E-state index < -0.39 is 0 Å². The van der Waals surface area contributed by atoms with Gasteiger partial charge in [-0.2, -0.15) is 0 Å². The van der Waals surface area contributed by atoms with Gasteiger partial charge >= 0.3 is 0 Å². The van der Waals surface area contributed by atoms with E-state index in [1.807, 2.05) is 0 Å². The topological polar surface area (TPSA) is 38.5 Å². The summed E-state index contributed by atoms with van der Waals surface area (Å²) in [6, 6.07) is 0. The molecule has 2 N–H and O–H groups in total. The largest absolute Gasteiger partial charge is 0.380 e. The number of rotatable bonds is 3. The molecule has 0 bridgehead atoms. The van der Waals surface area contributed by atoms with Crippen LogP contribution in [0.3, 0.4) is 0 Å². The second-order valence-corrected chi connectivity index (χ2v) is 4.68. The maximum absolute atomic E-state index is 5.86. The van der Waals surface area contributed by atoms with Gasteiger partial charge in [0.25, 0.3) is 0 Å². The Labute approximate surface area is 87.6 Å². The highest BCUT2D eigenvalue weighted by Crippen LogP contribution is 2.21. The lowest BCUT2D eigenvalue weighted by Gasteiger charge is -2.40. The van der Waals surface area contributed by atoms with Crippen molar-refractivity contribution in [1.29, 1.82) is 0 Å². The first-order chi connectivity index (χ1) is 6.62. The molecule has 0 spiro atoms. The van der Waals surface area contributed by atoms with Gasteiger partial charge in [-0.3, -0.25) is 4.90 Å². The molecular formula is C11H24N2O. The molecule has 0 amide bonds. The molecule has 84 valence electrons. The lowest BCUT2D eigenvalue weighted by molar-refractivity contribution is 0.0908. The van der Waals surface area contributed by atoms with Crippen molar-refractivity contribution in [3.8, 4) is 0 Å². The summed E-state index contributed by atoms with van der Waals surface area (Å²) in [6.07, 6.45) is 1.11. The van der Waals surface area contributed by atoms with E-state index >= 15 is 0 Å². The van der Waals surface area contributed by atoms with Crippen molar-refractivity contribution in [3.63, 3.8) is 0 Å². The second kappa shape index (κ2) is 5.10. The Morgan fingerprint density at radius 2 is 2.29 bits per heavy atom. The molecule has 0 aliphatic carbocycles. The van der Waals surface area contributed by atoms with Crippen LogP contribution in [0.5, 0.6) is 0 Å². The first kappa shape index (κ1) is 12.0. The lowest BCUT2D eigenvalue weighted by Crippen LogP contribution is -2.53. The fourth-order valence-corrected chi connectivity index (χ4v) is 1.97. The number of ether oxygens (including phenoxy) is 1. The van der Waals surface area contributed by atoms with Gasteiger partial charge in [0.2, 0.25) is 0 Å². The molecule has 2 atom stereocenters. The minimum Gasteiger partial charge on any atom is -0.380 e. The minimum atomic E-state index is 0.155. The summed E-state index contributed by atoms with van der Waals surface area (Å²) >= 11 is 0. The van der Waals surface area contributed by atoms with Crippen LogP contribution >= 0.6 is 0 Å². The van der Waals surface area contributed by atoms with Gasteiger partial charge in [0.05, 0.1) is 13.2 Å². The Kier molecular flexibility index (Phi) is 4.35. The first-order valence-electron chi connectivity index (χ1n) is 5.65. The van der Waals surface area contributed by atoms with E-state index in [4.69, 9.17) is 10.5 Å². The molecule has 0 saturated carbocycles. The maximum Gasteiger partial charge on any atom is 0.0593 e. The molecule has 1 heterocycles. The Morgan fingerprint density at radius 3 is 2.86 bits per heavy atom. The van der Waals surface area contributed by atoms with Crippen LogP contribution in [0.2, 0.25) is 0 Å². The number of hydrogen-bond acceptors (Lipinski definition) is 3. The van der Waals surface area contributed by atoms with Crippen molar-refractivity contribution in [2.45, 2.75) is 32.7 Å². The van der Waals surface area contributed by atoms with Crippen LogP contribution in [0.15, 0.2) is 0 Å². The van der Waals surface area contributed by atoms with E-state index in [-0.39, 0.29) is 5.54 Å². The molecule has 0 radical (unpaired) electrons. The van der Waals surface area contributed by atoms with Gasteiger partial charge in [-0.15, -0.1) is 0 Å². The van der Waals surface area contributed by atoms with Gasteiger partial charge in [0.15, 0.2) is 0 Å². The van der Waals surface area contributed by atoms with Gasteiger partial charge in [0.1, 0.15) is 0 Å². The molecule has 1 saturated heterocycles. The summed E-state index contributed by atoms with van der Waals surface area (Å²) in [5.41, 5.74) is 6.02. The predicted octanol–water partition coefficient (Wildman–Crippen LogP) is 1.08. The minimum absolute atomic E-state index is 0.155. The van der Waals surface area contributed by atoms with E-state index in [0.29, 0.717) is 5.92 Å². The van der Waals surface area contributed by atoms with Gasteiger partial charge in [-0.05, 0) is 19.3 Å². The van der Waals surface area contributed by atoms with Crippen LogP contribution in [-0.2, 0) is 4.74 Å². The van der Waals surface area contributed by atoms with E-state index in [2.05, 4.69) is 25.7 Å². The molecule has 1 rings (SSSR count). The standard InChI is InChI=1S/C11H24N2O/c1-4-11(3,9-12)13-5-6-14-8-10(2)7-13/h10H,4-9,12H2,1-3H3. The van der Waals surface area contributed by atoms with E-state index in [1.54, 1.807) is 0 Å². The highest BCUT2D eigenvalue weighted by Gasteiger charge is 2.30. The number of nitrogens with zero attached hydrogens (tertiary/aromatic N) is 1. The molecule has 3 nitrogen and oxygen atoms in total. The van der Waals surface area contributed by atoms with Crippen LogP contribution in [0, 0.1) is 5.92 Å². The smallest absolute Gasteiger partial charge is 0.0593 e. The summed E-state index contributed by atoms with van der Waals surface area (Å²) < 4.78 is 5.54. The highest BCUT2D eigenvalue weighted by molar-refractivity contribution is 4.87. The molecular weight excluding hydrogens is 176 g/mol. The van der Waals surface area contributed by atoms with Gasteiger partial charge in [-0.25, -0.2) is 0 Å². The van der Waals surface area contributed by atoms with Crippen molar-refractivity contribution in [2.75, 3.05) is 32.8 Å². The van der Waals surface area contributed by atoms with Crippen LogP contribution < -0.4 is 5.73 Å². The molecule has 14 heavy (non-hydrogen) atoms. The lowest BCUT2D eigenvalue weighted by atomic mass is 9.95. The van der Waals surface area contributed by atoms with Crippen molar-refractivity contribution in [3.05, 3.63) is 0 Å². The third-order valence-corrected chi connectivity index (χ3v) is 3.40. The molecule has 0 aromatic rings. The Morgan fingerprint density at radius 1 is 1.57 bits per heavy atom. The summed E-state index contributed by atoms with van der Waals surface area (Å²) in [5.74, 6) is 0.620. The second-order valence-electron chi connectivity index (χ2n) is 4.68. The van der Waals surface area contributed by atoms with Crippen molar-refractivity contribution < 1.29 is 4.74 Å². The zero-order chi connectivity index (χ0) is 10.6. The van der Waals surface area contributed by atoms with Crippen LogP contribution in [-0.4, -0.2) is 43.3 Å². The van der Waals surface area contributed by atoms with Gasteiger partial charge < -0.3 is 10.5 Å². The van der Waals surface area contributed by atoms with Crippen molar-refractivity contribution in [2.24, 2.45) is 11.7 Å². The normalized spacial score (nSPS) is 29.6. The Balaban J connectivity index is 2.63.